The molecule has 1 saturated heterocycles. The molecule has 0 saturated carbocycles. The highest BCUT2D eigenvalue weighted by Crippen LogP contribution is 2.21. The van der Waals surface area contributed by atoms with Crippen molar-refractivity contribution in [2.75, 3.05) is 20.1 Å². The van der Waals surface area contributed by atoms with E-state index in [9.17, 15) is 0 Å². The smallest absolute Gasteiger partial charge is 0.0991 e. The molecule has 1 heterocycles. The molecule has 3 nitrogen and oxygen atoms in total. The monoisotopic (exact) mass is 257 g/mol. The van der Waals surface area contributed by atoms with Gasteiger partial charge in [-0.05, 0) is 51.1 Å². The van der Waals surface area contributed by atoms with E-state index in [-0.39, 0.29) is 0 Å². The van der Waals surface area contributed by atoms with Crippen LogP contribution in [0.25, 0.3) is 0 Å². The summed E-state index contributed by atoms with van der Waals surface area (Å²) in [6.07, 6.45) is 3.92. The molecule has 2 atom stereocenters. The van der Waals surface area contributed by atoms with Crippen molar-refractivity contribution in [3.8, 4) is 6.07 Å². The fourth-order valence-corrected chi connectivity index (χ4v) is 2.71. The van der Waals surface area contributed by atoms with Gasteiger partial charge in [0.2, 0.25) is 0 Å². The topological polar surface area (TPSA) is 39.1 Å². The van der Waals surface area contributed by atoms with Crippen LogP contribution in [0.3, 0.4) is 0 Å². The van der Waals surface area contributed by atoms with Crippen LogP contribution in [0.2, 0.25) is 0 Å². The minimum absolute atomic E-state index is 0.344. The van der Waals surface area contributed by atoms with E-state index in [4.69, 9.17) is 5.26 Å². The predicted molar refractivity (Wildman–Crippen MR) is 77.8 cm³/mol. The molecule has 0 amide bonds. The van der Waals surface area contributed by atoms with Crippen molar-refractivity contribution in [2.24, 2.45) is 0 Å². The summed E-state index contributed by atoms with van der Waals surface area (Å²) in [4.78, 5) is 2.37. The standard InChI is InChI=1S/C16H23N3/c1-13(15-7-5-6-14(10-15)11-17)19(2)12-16-8-3-4-9-18-16/h5-7,10,13,16,18H,3-4,8-9,12H2,1-2H3. The Kier molecular flexibility index (Phi) is 4.95. The van der Waals surface area contributed by atoms with E-state index in [2.05, 4.69) is 36.3 Å². The maximum absolute atomic E-state index is 8.97. The van der Waals surface area contributed by atoms with Crippen molar-refractivity contribution in [2.45, 2.75) is 38.3 Å². The molecule has 0 bridgehead atoms. The first-order chi connectivity index (χ1) is 9.20. The molecule has 0 spiro atoms. The normalized spacial score (nSPS) is 21.1. The summed E-state index contributed by atoms with van der Waals surface area (Å²) < 4.78 is 0. The zero-order valence-corrected chi connectivity index (χ0v) is 11.9. The third-order valence-electron chi connectivity index (χ3n) is 4.08. The molecule has 1 fully saturated rings. The Morgan fingerprint density at radius 3 is 3.00 bits per heavy atom. The first kappa shape index (κ1) is 14.0. The number of likely N-dealkylation sites (N-methyl/N-ethyl adjacent to an activating group) is 1. The fourth-order valence-electron chi connectivity index (χ4n) is 2.71. The van der Waals surface area contributed by atoms with Crippen molar-refractivity contribution >= 4 is 0 Å². The van der Waals surface area contributed by atoms with Crippen LogP contribution >= 0.6 is 0 Å². The second-order valence-corrected chi connectivity index (χ2v) is 5.50. The summed E-state index contributed by atoms with van der Waals surface area (Å²) in [7, 11) is 2.17. The number of hydrogen-bond acceptors (Lipinski definition) is 3. The molecule has 1 aliphatic rings. The lowest BCUT2D eigenvalue weighted by Crippen LogP contribution is -2.43. The Morgan fingerprint density at radius 2 is 2.32 bits per heavy atom. The SMILES string of the molecule is CC(c1cccc(C#N)c1)N(C)CC1CCCCN1. The molecule has 0 aliphatic carbocycles. The van der Waals surface area contributed by atoms with Crippen LogP contribution in [-0.4, -0.2) is 31.1 Å². The second kappa shape index (κ2) is 6.70. The lowest BCUT2D eigenvalue weighted by molar-refractivity contribution is 0.214. The van der Waals surface area contributed by atoms with Crippen LogP contribution in [-0.2, 0) is 0 Å². The average Bonchev–Trinajstić information content (AvgIpc) is 2.47. The zero-order valence-electron chi connectivity index (χ0n) is 11.9. The van der Waals surface area contributed by atoms with Gasteiger partial charge in [-0.3, -0.25) is 4.90 Å². The maximum Gasteiger partial charge on any atom is 0.0991 e. The van der Waals surface area contributed by atoms with Crippen molar-refractivity contribution in [3.63, 3.8) is 0 Å². The van der Waals surface area contributed by atoms with E-state index >= 15 is 0 Å². The number of hydrogen-bond donors (Lipinski definition) is 1. The lowest BCUT2D eigenvalue weighted by atomic mass is 10.0. The second-order valence-electron chi connectivity index (χ2n) is 5.50. The van der Waals surface area contributed by atoms with Gasteiger partial charge in [-0.15, -0.1) is 0 Å². The first-order valence-electron chi connectivity index (χ1n) is 7.14. The van der Waals surface area contributed by atoms with Crippen molar-refractivity contribution in [1.29, 1.82) is 5.26 Å². The highest BCUT2D eigenvalue weighted by atomic mass is 15.1. The van der Waals surface area contributed by atoms with Gasteiger partial charge in [0.15, 0.2) is 0 Å². The molecule has 0 aromatic heterocycles. The predicted octanol–water partition coefficient (Wildman–Crippen LogP) is 2.69. The van der Waals surface area contributed by atoms with E-state index in [1.807, 2.05) is 18.2 Å². The fraction of sp³-hybridized carbons (Fsp3) is 0.562. The van der Waals surface area contributed by atoms with Gasteiger partial charge in [0.25, 0.3) is 0 Å². The van der Waals surface area contributed by atoms with E-state index in [0.717, 1.165) is 18.7 Å². The third-order valence-corrected chi connectivity index (χ3v) is 4.08. The van der Waals surface area contributed by atoms with E-state index in [1.54, 1.807) is 0 Å². The number of piperidine rings is 1. The van der Waals surface area contributed by atoms with Gasteiger partial charge >= 0.3 is 0 Å². The summed E-state index contributed by atoms with van der Waals surface area (Å²) >= 11 is 0. The van der Waals surface area contributed by atoms with Crippen molar-refractivity contribution in [1.82, 2.24) is 10.2 Å². The molecule has 2 rings (SSSR count). The molecular formula is C16H23N3. The molecule has 1 aromatic carbocycles. The van der Waals surface area contributed by atoms with Crippen molar-refractivity contribution < 1.29 is 0 Å². The summed E-state index contributed by atoms with van der Waals surface area (Å²) in [5.41, 5.74) is 1.96. The molecule has 1 aromatic rings. The van der Waals surface area contributed by atoms with Crippen LogP contribution in [0.4, 0.5) is 0 Å². The molecule has 3 heteroatoms. The quantitative estimate of drug-likeness (QED) is 0.901. The zero-order chi connectivity index (χ0) is 13.7. The van der Waals surface area contributed by atoms with Crippen LogP contribution < -0.4 is 5.32 Å². The molecule has 1 aliphatic heterocycles. The highest BCUT2D eigenvalue weighted by Gasteiger charge is 2.18. The van der Waals surface area contributed by atoms with E-state index in [1.165, 1.54) is 24.8 Å². The van der Waals surface area contributed by atoms with Gasteiger partial charge in [-0.25, -0.2) is 0 Å². The first-order valence-corrected chi connectivity index (χ1v) is 7.14. The van der Waals surface area contributed by atoms with Gasteiger partial charge in [-0.2, -0.15) is 5.26 Å². The molecule has 102 valence electrons. The third kappa shape index (κ3) is 3.79. The number of rotatable bonds is 4. The molecule has 2 unspecified atom stereocenters. The number of nitrogens with zero attached hydrogens (tertiary/aromatic N) is 2. The summed E-state index contributed by atoms with van der Waals surface area (Å²) in [5.74, 6) is 0. The minimum Gasteiger partial charge on any atom is -0.313 e. The maximum atomic E-state index is 8.97. The Labute approximate surface area is 116 Å². The average molecular weight is 257 g/mol. The minimum atomic E-state index is 0.344. The largest absolute Gasteiger partial charge is 0.313 e. The molecule has 19 heavy (non-hydrogen) atoms. The summed E-state index contributed by atoms with van der Waals surface area (Å²) in [5, 5.41) is 12.6. The van der Waals surface area contributed by atoms with Gasteiger partial charge in [0, 0.05) is 18.6 Å². The van der Waals surface area contributed by atoms with Crippen molar-refractivity contribution in [3.05, 3.63) is 35.4 Å². The van der Waals surface area contributed by atoms with Gasteiger partial charge in [0.05, 0.1) is 11.6 Å². The Morgan fingerprint density at radius 1 is 1.47 bits per heavy atom. The van der Waals surface area contributed by atoms with Gasteiger partial charge in [-0.1, -0.05) is 18.6 Å². The van der Waals surface area contributed by atoms with Crippen LogP contribution in [0, 0.1) is 11.3 Å². The summed E-state index contributed by atoms with van der Waals surface area (Å²) in [6.45, 7) is 4.42. The lowest BCUT2D eigenvalue weighted by Gasteiger charge is -2.32. The van der Waals surface area contributed by atoms with Crippen LogP contribution in [0.1, 0.15) is 43.4 Å². The Bertz CT molecular complexity index is 444. The van der Waals surface area contributed by atoms with Gasteiger partial charge in [0.1, 0.15) is 0 Å². The number of benzene rings is 1. The van der Waals surface area contributed by atoms with E-state index in [0.29, 0.717) is 12.1 Å². The van der Waals surface area contributed by atoms with Crippen LogP contribution in [0.15, 0.2) is 24.3 Å². The Hall–Kier alpha value is -1.37. The Balaban J connectivity index is 1.97. The molecule has 1 N–H and O–H groups in total. The van der Waals surface area contributed by atoms with Gasteiger partial charge < -0.3 is 5.32 Å². The number of nitrogens with one attached hydrogen (secondary N) is 1. The molecule has 0 radical (unpaired) electrons. The number of nitriles is 1. The summed E-state index contributed by atoms with van der Waals surface area (Å²) in [6, 6.07) is 11.1. The van der Waals surface area contributed by atoms with E-state index < -0.39 is 0 Å². The van der Waals surface area contributed by atoms with Crippen LogP contribution in [0.5, 0.6) is 0 Å². The molecular weight excluding hydrogens is 234 g/mol. The highest BCUT2D eigenvalue weighted by molar-refractivity contribution is 5.34.